The number of hydrogen-bond acceptors (Lipinski definition) is 3. The first-order valence-corrected chi connectivity index (χ1v) is 9.01. The van der Waals surface area contributed by atoms with E-state index in [-0.39, 0.29) is 18.4 Å². The first kappa shape index (κ1) is 19.8. The fraction of sp³-hybridized carbons (Fsp3) is 0.300. The second kappa shape index (κ2) is 9.25. The smallest absolute Gasteiger partial charge is 0.253 e. The molecule has 0 unspecified atom stereocenters. The Balaban J connectivity index is 1.99. The highest BCUT2D eigenvalue weighted by atomic mass is 35.5. The third-order valence-corrected chi connectivity index (χ3v) is 4.32. The molecule has 0 atom stereocenters. The topological polar surface area (TPSA) is 61.4 Å². The summed E-state index contributed by atoms with van der Waals surface area (Å²) in [4.78, 5) is 26.3. The van der Waals surface area contributed by atoms with Crippen molar-refractivity contribution < 1.29 is 9.59 Å². The molecule has 2 amide bonds. The van der Waals surface area contributed by atoms with E-state index in [1.54, 1.807) is 35.2 Å². The van der Waals surface area contributed by atoms with Gasteiger partial charge in [0.25, 0.3) is 5.91 Å². The Labute approximate surface area is 159 Å². The van der Waals surface area contributed by atoms with Crippen LogP contribution in [0.5, 0.6) is 0 Å². The highest BCUT2D eigenvalue weighted by Gasteiger charge is 2.13. The molecular weight excluding hydrogens is 350 g/mol. The van der Waals surface area contributed by atoms with E-state index in [1.165, 1.54) is 0 Å². The van der Waals surface area contributed by atoms with Crippen LogP contribution in [0.1, 0.15) is 29.8 Å². The summed E-state index contributed by atoms with van der Waals surface area (Å²) < 4.78 is 0. The van der Waals surface area contributed by atoms with Crippen LogP contribution >= 0.6 is 11.6 Å². The van der Waals surface area contributed by atoms with Crippen molar-refractivity contribution in [2.24, 2.45) is 0 Å². The fourth-order valence-electron chi connectivity index (χ4n) is 2.56. The largest absolute Gasteiger partial charge is 0.376 e. The molecule has 6 heteroatoms. The van der Waals surface area contributed by atoms with Gasteiger partial charge in [-0.3, -0.25) is 9.59 Å². The maximum Gasteiger partial charge on any atom is 0.253 e. The number of hydrogen-bond donors (Lipinski definition) is 2. The van der Waals surface area contributed by atoms with Gasteiger partial charge in [-0.2, -0.15) is 0 Å². The molecular formula is C20H24ClN3O2. The van der Waals surface area contributed by atoms with Crippen LogP contribution in [0.3, 0.4) is 0 Å². The lowest BCUT2D eigenvalue weighted by molar-refractivity contribution is -0.114. The zero-order chi connectivity index (χ0) is 19.1. The molecule has 0 spiro atoms. The van der Waals surface area contributed by atoms with Gasteiger partial charge in [0.15, 0.2) is 0 Å². The minimum atomic E-state index is -0.184. The molecule has 26 heavy (non-hydrogen) atoms. The Bertz CT molecular complexity index is 788. The lowest BCUT2D eigenvalue weighted by Crippen LogP contribution is -2.30. The molecule has 2 aromatic rings. The molecule has 0 fully saturated rings. The average Bonchev–Trinajstić information content (AvgIpc) is 2.64. The Hall–Kier alpha value is -2.53. The maximum absolute atomic E-state index is 12.4. The number of benzene rings is 2. The molecule has 2 N–H and O–H groups in total. The minimum Gasteiger partial charge on any atom is -0.376 e. The zero-order valence-corrected chi connectivity index (χ0v) is 16.1. The summed E-state index contributed by atoms with van der Waals surface area (Å²) in [5, 5.41) is 6.46. The molecule has 5 nitrogen and oxygen atoms in total. The second-order valence-electron chi connectivity index (χ2n) is 5.92. The molecule has 0 saturated heterocycles. The van der Waals surface area contributed by atoms with Crippen molar-refractivity contribution in [3.05, 3.63) is 58.6 Å². The van der Waals surface area contributed by atoms with Crippen molar-refractivity contribution in [1.82, 2.24) is 4.90 Å². The van der Waals surface area contributed by atoms with E-state index in [0.29, 0.717) is 29.4 Å². The Morgan fingerprint density at radius 1 is 1.08 bits per heavy atom. The van der Waals surface area contributed by atoms with Crippen LogP contribution in [0.25, 0.3) is 0 Å². The molecule has 2 aromatic carbocycles. The van der Waals surface area contributed by atoms with Gasteiger partial charge in [0.05, 0.1) is 6.54 Å². The molecule has 0 bridgehead atoms. The van der Waals surface area contributed by atoms with Crippen molar-refractivity contribution in [2.75, 3.05) is 30.3 Å². The van der Waals surface area contributed by atoms with E-state index in [0.717, 1.165) is 11.3 Å². The number of carbonyl (C=O) groups excluding carboxylic acids is 2. The van der Waals surface area contributed by atoms with Gasteiger partial charge in [0.2, 0.25) is 5.91 Å². The van der Waals surface area contributed by atoms with Crippen molar-refractivity contribution in [3.63, 3.8) is 0 Å². The van der Waals surface area contributed by atoms with Crippen molar-refractivity contribution >= 4 is 34.8 Å². The van der Waals surface area contributed by atoms with Crippen LogP contribution in [0.15, 0.2) is 42.5 Å². The molecule has 0 aliphatic carbocycles. The lowest BCUT2D eigenvalue weighted by atomic mass is 10.1. The predicted molar refractivity (Wildman–Crippen MR) is 107 cm³/mol. The van der Waals surface area contributed by atoms with Gasteiger partial charge in [-0.15, -0.1) is 0 Å². The van der Waals surface area contributed by atoms with Crippen LogP contribution < -0.4 is 10.6 Å². The summed E-state index contributed by atoms with van der Waals surface area (Å²) in [5.74, 6) is -0.200. The average molecular weight is 374 g/mol. The van der Waals surface area contributed by atoms with Gasteiger partial charge < -0.3 is 15.5 Å². The number of aryl methyl sites for hydroxylation is 1. The van der Waals surface area contributed by atoms with Gasteiger partial charge in [0, 0.05) is 35.1 Å². The fourth-order valence-corrected chi connectivity index (χ4v) is 2.73. The van der Waals surface area contributed by atoms with E-state index >= 15 is 0 Å². The molecule has 0 saturated carbocycles. The van der Waals surface area contributed by atoms with Crippen LogP contribution in [0.4, 0.5) is 11.4 Å². The monoisotopic (exact) mass is 373 g/mol. The molecule has 138 valence electrons. The first-order valence-electron chi connectivity index (χ1n) is 8.63. The first-order chi connectivity index (χ1) is 12.4. The van der Waals surface area contributed by atoms with Crippen LogP contribution in [0.2, 0.25) is 5.02 Å². The summed E-state index contributed by atoms with van der Waals surface area (Å²) >= 11 is 5.97. The molecule has 0 aliphatic rings. The van der Waals surface area contributed by atoms with Gasteiger partial charge >= 0.3 is 0 Å². The lowest BCUT2D eigenvalue weighted by Gasteiger charge is -2.19. The van der Waals surface area contributed by atoms with E-state index in [9.17, 15) is 9.59 Å². The van der Waals surface area contributed by atoms with E-state index in [2.05, 4.69) is 10.6 Å². The van der Waals surface area contributed by atoms with E-state index < -0.39 is 0 Å². The van der Waals surface area contributed by atoms with Crippen LogP contribution in [0, 0.1) is 6.92 Å². The van der Waals surface area contributed by atoms with Crippen molar-refractivity contribution in [2.45, 2.75) is 20.8 Å². The van der Waals surface area contributed by atoms with Gasteiger partial charge in [-0.05, 0) is 56.7 Å². The number of halogens is 1. The van der Waals surface area contributed by atoms with E-state index in [1.807, 2.05) is 32.9 Å². The Kier molecular flexibility index (Phi) is 7.04. The highest BCUT2D eigenvalue weighted by molar-refractivity contribution is 6.31. The van der Waals surface area contributed by atoms with E-state index in [4.69, 9.17) is 11.6 Å². The Morgan fingerprint density at radius 3 is 2.50 bits per heavy atom. The van der Waals surface area contributed by atoms with Crippen LogP contribution in [-0.2, 0) is 4.79 Å². The third-order valence-electron chi connectivity index (χ3n) is 4.09. The van der Waals surface area contributed by atoms with Gasteiger partial charge in [-0.1, -0.05) is 23.7 Å². The number of anilines is 2. The number of amides is 2. The summed E-state index contributed by atoms with van der Waals surface area (Å²) in [6.07, 6.45) is 0. The normalized spacial score (nSPS) is 10.3. The Morgan fingerprint density at radius 2 is 1.81 bits per heavy atom. The predicted octanol–water partition coefficient (Wildman–Crippen LogP) is 4.18. The summed E-state index contributed by atoms with van der Waals surface area (Å²) in [6.45, 7) is 7.22. The molecule has 2 rings (SSSR count). The minimum absolute atomic E-state index is 0.0161. The number of nitrogens with zero attached hydrogens (tertiary/aromatic N) is 1. The van der Waals surface area contributed by atoms with Gasteiger partial charge in [-0.25, -0.2) is 0 Å². The SMILES string of the molecule is CCN(CC)C(=O)c1cccc(NCC(=O)Nc2cc(Cl)ccc2C)c1. The third kappa shape index (κ3) is 5.23. The number of carbonyl (C=O) groups is 2. The van der Waals surface area contributed by atoms with Crippen LogP contribution in [-0.4, -0.2) is 36.3 Å². The molecule has 0 heterocycles. The van der Waals surface area contributed by atoms with Crippen molar-refractivity contribution in [3.8, 4) is 0 Å². The summed E-state index contributed by atoms with van der Waals surface area (Å²) in [6, 6.07) is 12.5. The molecule has 0 aromatic heterocycles. The zero-order valence-electron chi connectivity index (χ0n) is 15.3. The van der Waals surface area contributed by atoms with Gasteiger partial charge in [0.1, 0.15) is 0 Å². The standard InChI is InChI=1S/C20H24ClN3O2/c1-4-24(5-2)20(26)15-7-6-8-17(11-15)22-13-19(25)23-18-12-16(21)10-9-14(18)3/h6-12,22H,4-5,13H2,1-3H3,(H,23,25). The molecule has 0 aliphatic heterocycles. The summed E-state index contributed by atoms with van der Waals surface area (Å²) in [7, 11) is 0. The van der Waals surface area contributed by atoms with Crippen molar-refractivity contribution in [1.29, 1.82) is 0 Å². The summed E-state index contributed by atoms with van der Waals surface area (Å²) in [5.41, 5.74) is 2.95. The highest BCUT2D eigenvalue weighted by Crippen LogP contribution is 2.20. The maximum atomic E-state index is 12.4. The quantitative estimate of drug-likeness (QED) is 0.765. The second-order valence-corrected chi connectivity index (χ2v) is 6.36. The number of rotatable bonds is 7. The number of nitrogens with one attached hydrogen (secondary N) is 2. The molecule has 0 radical (unpaired) electrons.